The van der Waals surface area contributed by atoms with E-state index in [1.807, 2.05) is 0 Å². The number of aromatic nitrogens is 2. The van der Waals surface area contributed by atoms with E-state index < -0.39 is 11.9 Å². The zero-order valence-electron chi connectivity index (χ0n) is 11.5. The molecule has 0 spiro atoms. The quantitative estimate of drug-likeness (QED) is 0.545. The van der Waals surface area contributed by atoms with Crippen LogP contribution < -0.4 is 5.73 Å². The molecule has 2 aromatic carbocycles. The number of amides is 1. The number of methoxy groups -OCH3 is 1. The van der Waals surface area contributed by atoms with E-state index in [2.05, 4.69) is 14.9 Å². The first-order valence-electron chi connectivity index (χ1n) is 6.32. The maximum absolute atomic E-state index is 11.9. The van der Waals surface area contributed by atoms with Crippen molar-refractivity contribution in [3.05, 3.63) is 41.5 Å². The minimum absolute atomic E-state index is 0.00755. The number of fused-ring (bicyclic) bond motifs is 3. The number of phenols is 1. The van der Waals surface area contributed by atoms with E-state index >= 15 is 0 Å². The van der Waals surface area contributed by atoms with Gasteiger partial charge in [0, 0.05) is 10.8 Å². The van der Waals surface area contributed by atoms with Gasteiger partial charge in [-0.25, -0.2) is 4.79 Å². The number of hydrogen-bond acceptors (Lipinski definition) is 6. The van der Waals surface area contributed by atoms with Crippen LogP contribution in [0.15, 0.2) is 30.3 Å². The summed E-state index contributed by atoms with van der Waals surface area (Å²) in [5.41, 5.74) is 6.29. The van der Waals surface area contributed by atoms with Gasteiger partial charge in [0.15, 0.2) is 0 Å². The highest BCUT2D eigenvalue weighted by molar-refractivity contribution is 6.12. The topological polar surface area (TPSA) is 115 Å². The molecule has 22 heavy (non-hydrogen) atoms. The van der Waals surface area contributed by atoms with Crippen molar-refractivity contribution in [3.63, 3.8) is 0 Å². The predicted molar refractivity (Wildman–Crippen MR) is 78.6 cm³/mol. The number of rotatable bonds is 2. The van der Waals surface area contributed by atoms with Crippen LogP contribution in [0.2, 0.25) is 0 Å². The maximum atomic E-state index is 11.9. The first kappa shape index (κ1) is 13.7. The summed E-state index contributed by atoms with van der Waals surface area (Å²) < 4.78 is 4.68. The lowest BCUT2D eigenvalue weighted by Crippen LogP contribution is -2.17. The molecule has 1 heterocycles. The second kappa shape index (κ2) is 4.96. The van der Waals surface area contributed by atoms with Crippen LogP contribution in [0.25, 0.3) is 21.8 Å². The van der Waals surface area contributed by atoms with Gasteiger partial charge in [0.1, 0.15) is 5.75 Å². The van der Waals surface area contributed by atoms with Gasteiger partial charge in [-0.2, -0.15) is 0 Å². The van der Waals surface area contributed by atoms with Crippen molar-refractivity contribution in [2.75, 3.05) is 7.11 Å². The number of aromatic hydroxyl groups is 1. The molecule has 3 N–H and O–H groups in total. The zero-order valence-corrected chi connectivity index (χ0v) is 11.5. The van der Waals surface area contributed by atoms with Crippen LogP contribution in [0, 0.1) is 0 Å². The lowest BCUT2D eigenvalue weighted by molar-refractivity contribution is 0.0597. The van der Waals surface area contributed by atoms with Gasteiger partial charge in [0.2, 0.25) is 5.91 Å². The molecular weight excluding hydrogens is 286 g/mol. The van der Waals surface area contributed by atoms with Gasteiger partial charge in [-0.1, -0.05) is 0 Å². The molecule has 110 valence electrons. The third kappa shape index (κ3) is 2.08. The molecule has 1 aromatic heterocycles. The van der Waals surface area contributed by atoms with Gasteiger partial charge in [0.05, 0.1) is 29.3 Å². The van der Waals surface area contributed by atoms with Crippen LogP contribution in [-0.4, -0.2) is 34.3 Å². The molecule has 1 amide bonds. The fourth-order valence-corrected chi connectivity index (χ4v) is 2.30. The molecule has 3 rings (SSSR count). The molecular formula is C15H11N3O4. The molecule has 0 saturated carbocycles. The Morgan fingerprint density at radius 3 is 2.41 bits per heavy atom. The van der Waals surface area contributed by atoms with Gasteiger partial charge < -0.3 is 15.6 Å². The zero-order chi connectivity index (χ0) is 15.9. The second-order valence-corrected chi connectivity index (χ2v) is 4.67. The summed E-state index contributed by atoms with van der Waals surface area (Å²) in [5, 5.41) is 18.8. The summed E-state index contributed by atoms with van der Waals surface area (Å²) in [6.07, 6.45) is 0. The van der Waals surface area contributed by atoms with Crippen molar-refractivity contribution in [2.45, 2.75) is 0 Å². The molecule has 3 aromatic rings. The number of benzene rings is 2. The number of primary amides is 1. The van der Waals surface area contributed by atoms with E-state index in [0.717, 1.165) is 0 Å². The SMILES string of the molecule is COC(=O)c1cc2c(cc1C(N)=O)nnc1ccc(O)cc12. The molecule has 0 saturated heterocycles. The highest BCUT2D eigenvalue weighted by Gasteiger charge is 2.18. The monoisotopic (exact) mass is 297 g/mol. The Labute approximate surface area is 124 Å². The van der Waals surface area contributed by atoms with E-state index in [9.17, 15) is 14.7 Å². The number of phenolic OH excluding ortho intramolecular Hbond substituents is 1. The fraction of sp³-hybridized carbons (Fsp3) is 0.0667. The maximum Gasteiger partial charge on any atom is 0.338 e. The van der Waals surface area contributed by atoms with E-state index in [1.165, 1.54) is 31.4 Å². The van der Waals surface area contributed by atoms with E-state index in [1.54, 1.807) is 6.07 Å². The van der Waals surface area contributed by atoms with Crippen molar-refractivity contribution in [3.8, 4) is 5.75 Å². The summed E-state index contributed by atoms with van der Waals surface area (Å²) in [6, 6.07) is 7.47. The molecule has 7 heteroatoms. The smallest absolute Gasteiger partial charge is 0.338 e. The lowest BCUT2D eigenvalue weighted by Gasteiger charge is -2.08. The Kier molecular flexibility index (Phi) is 3.10. The number of ether oxygens (including phenoxy) is 1. The van der Waals surface area contributed by atoms with Crippen LogP contribution >= 0.6 is 0 Å². The summed E-state index contributed by atoms with van der Waals surface area (Å²) in [7, 11) is 1.21. The van der Waals surface area contributed by atoms with Crippen LogP contribution in [0.4, 0.5) is 0 Å². The average molecular weight is 297 g/mol. The molecule has 0 fully saturated rings. The third-order valence-electron chi connectivity index (χ3n) is 3.34. The molecule has 0 atom stereocenters. The molecule has 0 aliphatic heterocycles. The Morgan fingerprint density at radius 1 is 1.05 bits per heavy atom. The fourth-order valence-electron chi connectivity index (χ4n) is 2.30. The number of carbonyl (C=O) groups is 2. The number of nitrogens with zero attached hydrogens (tertiary/aromatic N) is 2. The lowest BCUT2D eigenvalue weighted by atomic mass is 10.0. The van der Waals surface area contributed by atoms with E-state index in [0.29, 0.717) is 21.8 Å². The average Bonchev–Trinajstić information content (AvgIpc) is 2.52. The van der Waals surface area contributed by atoms with Crippen LogP contribution in [0.5, 0.6) is 5.75 Å². The van der Waals surface area contributed by atoms with Crippen molar-refractivity contribution in [1.29, 1.82) is 0 Å². The number of carbonyl (C=O) groups excluding carboxylic acids is 2. The largest absolute Gasteiger partial charge is 0.508 e. The molecule has 0 unspecified atom stereocenters. The van der Waals surface area contributed by atoms with Crippen molar-refractivity contribution < 1.29 is 19.4 Å². The summed E-state index contributed by atoms with van der Waals surface area (Å²) >= 11 is 0. The summed E-state index contributed by atoms with van der Waals surface area (Å²) in [5.74, 6) is -1.39. The highest BCUT2D eigenvalue weighted by Crippen LogP contribution is 2.28. The molecule has 0 bridgehead atoms. The Bertz CT molecular complexity index is 937. The molecule has 0 aliphatic rings. The molecule has 0 aliphatic carbocycles. The van der Waals surface area contributed by atoms with Gasteiger partial charge in [-0.15, -0.1) is 10.2 Å². The van der Waals surface area contributed by atoms with Crippen molar-refractivity contribution in [2.24, 2.45) is 5.73 Å². The number of esters is 1. The third-order valence-corrected chi connectivity index (χ3v) is 3.34. The predicted octanol–water partition coefficient (Wildman–Crippen LogP) is 1.37. The van der Waals surface area contributed by atoms with Gasteiger partial charge in [-0.05, 0) is 30.3 Å². The Morgan fingerprint density at radius 2 is 1.73 bits per heavy atom. The highest BCUT2D eigenvalue weighted by atomic mass is 16.5. The van der Waals surface area contributed by atoms with E-state index in [4.69, 9.17) is 5.73 Å². The summed E-state index contributed by atoms with van der Waals surface area (Å²) in [6.45, 7) is 0. The van der Waals surface area contributed by atoms with Crippen molar-refractivity contribution in [1.82, 2.24) is 10.2 Å². The minimum Gasteiger partial charge on any atom is -0.508 e. The van der Waals surface area contributed by atoms with Crippen LogP contribution in [-0.2, 0) is 4.74 Å². The van der Waals surface area contributed by atoms with Crippen LogP contribution in [0.1, 0.15) is 20.7 Å². The van der Waals surface area contributed by atoms with E-state index in [-0.39, 0.29) is 16.9 Å². The van der Waals surface area contributed by atoms with Crippen molar-refractivity contribution >= 4 is 33.7 Å². The second-order valence-electron chi connectivity index (χ2n) is 4.67. The molecule has 7 nitrogen and oxygen atoms in total. The van der Waals surface area contributed by atoms with Crippen LogP contribution in [0.3, 0.4) is 0 Å². The molecule has 0 radical (unpaired) electrons. The minimum atomic E-state index is -0.764. The normalized spacial score (nSPS) is 10.8. The van der Waals surface area contributed by atoms with Gasteiger partial charge in [-0.3, -0.25) is 4.79 Å². The standard InChI is InChI=1S/C15H11N3O4/c1-22-15(21)11-5-9-8-4-7(19)2-3-12(8)17-18-13(9)6-10(11)14(16)20/h2-6,19H,1H3,(H2,16,20). The van der Waals surface area contributed by atoms with Gasteiger partial charge >= 0.3 is 5.97 Å². The van der Waals surface area contributed by atoms with Gasteiger partial charge in [0.25, 0.3) is 0 Å². The summed E-state index contributed by atoms with van der Waals surface area (Å²) in [4.78, 5) is 23.4. The Hall–Kier alpha value is -3.22. The Balaban J connectivity index is 2.44. The number of hydrogen-bond donors (Lipinski definition) is 2. The first-order valence-corrected chi connectivity index (χ1v) is 6.32. The number of nitrogens with two attached hydrogens (primary N) is 1. The first-order chi connectivity index (χ1) is 10.5.